The Bertz CT molecular complexity index is 508. The number of nitrogens with zero attached hydrogens (tertiary/aromatic N) is 2. The lowest BCUT2D eigenvalue weighted by atomic mass is 10.1. The first-order valence-electron chi connectivity index (χ1n) is 7.74. The highest BCUT2D eigenvalue weighted by molar-refractivity contribution is 14.0. The maximum atomic E-state index is 12.4. The van der Waals surface area contributed by atoms with E-state index in [1.807, 2.05) is 30.3 Å². The Kier molecular flexibility index (Phi) is 8.82. The molecule has 2 rings (SSSR count). The SMILES string of the molecule is CN=C(NCc1ccccc1)NCC1CCN(CC(F)(F)F)C1.I. The van der Waals surface area contributed by atoms with Crippen LogP contribution in [0, 0.1) is 5.92 Å². The average molecular weight is 456 g/mol. The van der Waals surface area contributed by atoms with Crippen molar-refractivity contribution >= 4 is 29.9 Å². The number of rotatable bonds is 5. The molecule has 1 aromatic carbocycles. The van der Waals surface area contributed by atoms with Crippen molar-refractivity contribution in [3.05, 3.63) is 35.9 Å². The van der Waals surface area contributed by atoms with E-state index in [-0.39, 0.29) is 29.9 Å². The standard InChI is InChI=1S/C16H23F3N4.HI/c1-20-15(21-9-13-5-3-2-4-6-13)22-10-14-7-8-23(11-14)12-16(17,18)19;/h2-6,14H,7-12H2,1H3,(H2,20,21,22);1H. The van der Waals surface area contributed by atoms with Crippen molar-refractivity contribution in [3.8, 4) is 0 Å². The van der Waals surface area contributed by atoms with Crippen LogP contribution < -0.4 is 10.6 Å². The van der Waals surface area contributed by atoms with Gasteiger partial charge in [0.15, 0.2) is 5.96 Å². The first-order valence-corrected chi connectivity index (χ1v) is 7.74. The summed E-state index contributed by atoms with van der Waals surface area (Å²) in [6.07, 6.45) is -3.34. The van der Waals surface area contributed by atoms with Crippen LogP contribution in [-0.4, -0.2) is 50.3 Å². The Morgan fingerprint density at radius 1 is 1.25 bits per heavy atom. The number of benzene rings is 1. The van der Waals surface area contributed by atoms with Crippen molar-refractivity contribution in [2.75, 3.05) is 33.2 Å². The summed E-state index contributed by atoms with van der Waals surface area (Å²) in [6, 6.07) is 9.95. The molecule has 1 heterocycles. The van der Waals surface area contributed by atoms with Crippen molar-refractivity contribution in [2.45, 2.75) is 19.1 Å². The summed E-state index contributed by atoms with van der Waals surface area (Å²) in [5.74, 6) is 0.885. The Morgan fingerprint density at radius 3 is 2.58 bits per heavy atom. The molecule has 0 aromatic heterocycles. The molecule has 1 aromatic rings. The summed E-state index contributed by atoms with van der Waals surface area (Å²) < 4.78 is 37.1. The quantitative estimate of drug-likeness (QED) is 0.407. The fourth-order valence-corrected chi connectivity index (χ4v) is 2.72. The molecule has 1 unspecified atom stereocenters. The molecular weight excluding hydrogens is 432 g/mol. The highest BCUT2D eigenvalue weighted by Gasteiger charge is 2.34. The molecule has 8 heteroatoms. The summed E-state index contributed by atoms with van der Waals surface area (Å²) in [4.78, 5) is 5.61. The van der Waals surface area contributed by atoms with Crippen molar-refractivity contribution in [2.24, 2.45) is 10.9 Å². The number of hydrogen-bond donors (Lipinski definition) is 2. The van der Waals surface area contributed by atoms with Crippen LogP contribution >= 0.6 is 24.0 Å². The molecular formula is C16H24F3IN4. The summed E-state index contributed by atoms with van der Waals surface area (Å²) in [5.41, 5.74) is 1.15. The second-order valence-corrected chi connectivity index (χ2v) is 5.80. The molecule has 1 aliphatic rings. The monoisotopic (exact) mass is 456 g/mol. The van der Waals surface area contributed by atoms with Gasteiger partial charge < -0.3 is 10.6 Å². The Hall–Kier alpha value is -1.03. The van der Waals surface area contributed by atoms with Crippen LogP contribution in [0.25, 0.3) is 0 Å². The van der Waals surface area contributed by atoms with E-state index >= 15 is 0 Å². The maximum absolute atomic E-state index is 12.4. The lowest BCUT2D eigenvalue weighted by molar-refractivity contribution is -0.143. The second kappa shape index (κ2) is 10.1. The molecule has 136 valence electrons. The van der Waals surface area contributed by atoms with E-state index < -0.39 is 12.7 Å². The summed E-state index contributed by atoms with van der Waals surface area (Å²) in [7, 11) is 1.69. The molecule has 4 nitrogen and oxygen atoms in total. The normalized spacial score (nSPS) is 19.0. The molecule has 1 fully saturated rings. The van der Waals surface area contributed by atoms with E-state index in [2.05, 4.69) is 15.6 Å². The number of halogens is 4. The van der Waals surface area contributed by atoms with E-state index in [0.717, 1.165) is 12.0 Å². The van der Waals surface area contributed by atoms with Gasteiger partial charge in [-0.15, -0.1) is 24.0 Å². The number of hydrogen-bond acceptors (Lipinski definition) is 2. The van der Waals surface area contributed by atoms with Gasteiger partial charge in [0.1, 0.15) is 0 Å². The Labute approximate surface area is 157 Å². The topological polar surface area (TPSA) is 39.7 Å². The van der Waals surface area contributed by atoms with E-state index in [9.17, 15) is 13.2 Å². The van der Waals surface area contributed by atoms with E-state index in [0.29, 0.717) is 32.1 Å². The largest absolute Gasteiger partial charge is 0.401 e. The zero-order valence-electron chi connectivity index (χ0n) is 13.6. The summed E-state index contributed by atoms with van der Waals surface area (Å²) >= 11 is 0. The van der Waals surface area contributed by atoms with Crippen LogP contribution in [0.3, 0.4) is 0 Å². The molecule has 1 atom stereocenters. The molecule has 1 saturated heterocycles. The van der Waals surface area contributed by atoms with Gasteiger partial charge in [-0.2, -0.15) is 13.2 Å². The van der Waals surface area contributed by atoms with E-state index in [4.69, 9.17) is 0 Å². The van der Waals surface area contributed by atoms with Gasteiger partial charge in [-0.3, -0.25) is 9.89 Å². The third-order valence-corrected chi connectivity index (χ3v) is 3.86. The van der Waals surface area contributed by atoms with Gasteiger partial charge in [-0.25, -0.2) is 0 Å². The second-order valence-electron chi connectivity index (χ2n) is 5.80. The molecule has 0 spiro atoms. The van der Waals surface area contributed by atoms with Gasteiger partial charge in [0.05, 0.1) is 6.54 Å². The van der Waals surface area contributed by atoms with Crippen LogP contribution in [-0.2, 0) is 6.54 Å². The Morgan fingerprint density at radius 2 is 1.96 bits per heavy atom. The smallest absolute Gasteiger partial charge is 0.356 e. The van der Waals surface area contributed by atoms with Gasteiger partial charge >= 0.3 is 6.18 Å². The summed E-state index contributed by atoms with van der Waals surface area (Å²) in [6.45, 7) is 1.45. The first-order chi connectivity index (χ1) is 11.0. The van der Waals surface area contributed by atoms with Gasteiger partial charge in [0.2, 0.25) is 0 Å². The molecule has 24 heavy (non-hydrogen) atoms. The molecule has 1 aliphatic heterocycles. The zero-order valence-corrected chi connectivity index (χ0v) is 16.0. The lowest BCUT2D eigenvalue weighted by Gasteiger charge is -2.18. The minimum absolute atomic E-state index is 0. The van der Waals surface area contributed by atoms with Crippen molar-refractivity contribution in [3.63, 3.8) is 0 Å². The Balaban J connectivity index is 0.00000288. The van der Waals surface area contributed by atoms with Crippen LogP contribution in [0.5, 0.6) is 0 Å². The van der Waals surface area contributed by atoms with Crippen molar-refractivity contribution in [1.82, 2.24) is 15.5 Å². The van der Waals surface area contributed by atoms with Crippen LogP contribution in [0.2, 0.25) is 0 Å². The van der Waals surface area contributed by atoms with Crippen LogP contribution in [0.15, 0.2) is 35.3 Å². The highest BCUT2D eigenvalue weighted by atomic mass is 127. The van der Waals surface area contributed by atoms with Crippen LogP contribution in [0.1, 0.15) is 12.0 Å². The van der Waals surface area contributed by atoms with Gasteiger partial charge in [-0.1, -0.05) is 30.3 Å². The fraction of sp³-hybridized carbons (Fsp3) is 0.562. The van der Waals surface area contributed by atoms with Crippen molar-refractivity contribution in [1.29, 1.82) is 0 Å². The van der Waals surface area contributed by atoms with Gasteiger partial charge in [-0.05, 0) is 24.4 Å². The van der Waals surface area contributed by atoms with Crippen molar-refractivity contribution < 1.29 is 13.2 Å². The number of alkyl halides is 3. The first kappa shape index (κ1) is 21.0. The third-order valence-electron chi connectivity index (χ3n) is 3.86. The minimum atomic E-state index is -4.12. The molecule has 2 N–H and O–H groups in total. The van der Waals surface area contributed by atoms with Gasteiger partial charge in [0, 0.05) is 26.7 Å². The fourth-order valence-electron chi connectivity index (χ4n) is 2.72. The molecule has 0 saturated carbocycles. The van der Waals surface area contributed by atoms with Gasteiger partial charge in [0.25, 0.3) is 0 Å². The summed E-state index contributed by atoms with van der Waals surface area (Å²) in [5, 5.41) is 6.40. The predicted octanol–water partition coefficient (Wildman–Crippen LogP) is 2.85. The van der Waals surface area contributed by atoms with E-state index in [1.54, 1.807) is 7.05 Å². The number of guanidine groups is 1. The average Bonchev–Trinajstić information content (AvgIpc) is 2.94. The predicted molar refractivity (Wildman–Crippen MR) is 101 cm³/mol. The number of nitrogens with one attached hydrogen (secondary N) is 2. The van der Waals surface area contributed by atoms with Crippen LogP contribution in [0.4, 0.5) is 13.2 Å². The number of aliphatic imine (C=N–C) groups is 1. The third kappa shape index (κ3) is 7.69. The minimum Gasteiger partial charge on any atom is -0.356 e. The molecule has 0 amide bonds. The number of likely N-dealkylation sites (tertiary alicyclic amines) is 1. The maximum Gasteiger partial charge on any atom is 0.401 e. The molecule has 0 bridgehead atoms. The lowest BCUT2D eigenvalue weighted by Crippen LogP contribution is -2.40. The molecule has 0 aliphatic carbocycles. The molecule has 0 radical (unpaired) electrons. The van der Waals surface area contributed by atoms with E-state index in [1.165, 1.54) is 4.90 Å². The highest BCUT2D eigenvalue weighted by Crippen LogP contribution is 2.22. The zero-order chi connectivity index (χ0) is 16.7.